The molecule has 2 aromatic carbocycles. The number of hydrogen-bond acceptors (Lipinski definition) is 3. The van der Waals surface area contributed by atoms with Gasteiger partial charge in [-0.15, -0.1) is 0 Å². The standard InChI is InChI=1S/C22H25FN2OS/c1-22(2,3)18-9-7-16(8-10-18)15-27-21-24-12-20(14-26)25(21)13-17-5-4-6-19(23)11-17/h4-12,26H,13-15H2,1-3H3. The average molecular weight is 385 g/mol. The van der Waals surface area contributed by atoms with Gasteiger partial charge in [0, 0.05) is 5.75 Å². The number of hydrogen-bond donors (Lipinski definition) is 1. The van der Waals surface area contributed by atoms with Gasteiger partial charge in [0.05, 0.1) is 25.0 Å². The first-order valence-electron chi connectivity index (χ1n) is 8.99. The average Bonchev–Trinajstić information content (AvgIpc) is 3.01. The van der Waals surface area contributed by atoms with Crippen LogP contribution in [0.2, 0.25) is 0 Å². The minimum atomic E-state index is -0.258. The Morgan fingerprint density at radius 1 is 1.07 bits per heavy atom. The highest BCUT2D eigenvalue weighted by molar-refractivity contribution is 7.98. The van der Waals surface area contributed by atoms with Crippen LogP contribution in [0.4, 0.5) is 4.39 Å². The van der Waals surface area contributed by atoms with Crippen LogP contribution in [-0.4, -0.2) is 14.7 Å². The molecule has 0 saturated carbocycles. The minimum Gasteiger partial charge on any atom is -0.390 e. The van der Waals surface area contributed by atoms with Crippen LogP contribution in [0.25, 0.3) is 0 Å². The smallest absolute Gasteiger partial charge is 0.168 e. The molecule has 0 aliphatic carbocycles. The molecule has 0 aliphatic heterocycles. The first kappa shape index (κ1) is 19.6. The third kappa shape index (κ3) is 4.99. The van der Waals surface area contributed by atoms with Gasteiger partial charge in [-0.05, 0) is 34.2 Å². The Morgan fingerprint density at radius 2 is 1.81 bits per heavy atom. The number of thioether (sulfide) groups is 1. The summed E-state index contributed by atoms with van der Waals surface area (Å²) in [6.07, 6.45) is 1.68. The van der Waals surface area contributed by atoms with Crippen molar-refractivity contribution in [2.45, 2.75) is 50.2 Å². The summed E-state index contributed by atoms with van der Waals surface area (Å²) in [4.78, 5) is 4.45. The van der Waals surface area contributed by atoms with Gasteiger partial charge in [-0.25, -0.2) is 9.37 Å². The van der Waals surface area contributed by atoms with Crippen LogP contribution in [0.3, 0.4) is 0 Å². The number of aliphatic hydroxyl groups is 1. The number of aromatic nitrogens is 2. The Morgan fingerprint density at radius 3 is 2.44 bits per heavy atom. The predicted octanol–water partition coefficient (Wildman–Crippen LogP) is 5.15. The second-order valence-electron chi connectivity index (χ2n) is 7.64. The van der Waals surface area contributed by atoms with Crippen LogP contribution in [0.5, 0.6) is 0 Å². The lowest BCUT2D eigenvalue weighted by molar-refractivity contribution is 0.270. The van der Waals surface area contributed by atoms with Crippen molar-refractivity contribution in [1.29, 1.82) is 0 Å². The van der Waals surface area contributed by atoms with Crippen molar-refractivity contribution in [2.24, 2.45) is 0 Å². The van der Waals surface area contributed by atoms with Crippen molar-refractivity contribution in [1.82, 2.24) is 9.55 Å². The molecular weight excluding hydrogens is 359 g/mol. The monoisotopic (exact) mass is 384 g/mol. The van der Waals surface area contributed by atoms with E-state index >= 15 is 0 Å². The fourth-order valence-corrected chi connectivity index (χ4v) is 3.82. The van der Waals surface area contributed by atoms with E-state index in [0.29, 0.717) is 6.54 Å². The number of rotatable bonds is 6. The van der Waals surface area contributed by atoms with E-state index in [0.717, 1.165) is 22.2 Å². The molecule has 3 rings (SSSR count). The van der Waals surface area contributed by atoms with E-state index in [4.69, 9.17) is 0 Å². The zero-order valence-electron chi connectivity index (χ0n) is 15.9. The molecule has 0 fully saturated rings. The van der Waals surface area contributed by atoms with Crippen LogP contribution in [0.1, 0.15) is 43.2 Å². The van der Waals surface area contributed by atoms with Gasteiger partial charge in [-0.1, -0.05) is 68.9 Å². The zero-order chi connectivity index (χ0) is 19.4. The molecule has 0 aliphatic rings. The summed E-state index contributed by atoms with van der Waals surface area (Å²) in [5.74, 6) is 0.529. The van der Waals surface area contributed by atoms with Gasteiger partial charge in [0.25, 0.3) is 0 Å². The third-order valence-electron chi connectivity index (χ3n) is 4.48. The molecule has 0 unspecified atom stereocenters. The van der Waals surface area contributed by atoms with Crippen LogP contribution < -0.4 is 0 Å². The fraction of sp³-hybridized carbons (Fsp3) is 0.318. The second kappa shape index (κ2) is 8.28. The number of nitrogens with zero attached hydrogens (tertiary/aromatic N) is 2. The maximum atomic E-state index is 13.5. The molecule has 0 amide bonds. The molecule has 142 valence electrons. The van der Waals surface area contributed by atoms with E-state index in [2.05, 4.69) is 50.0 Å². The minimum absolute atomic E-state index is 0.0941. The van der Waals surface area contributed by atoms with E-state index in [9.17, 15) is 9.50 Å². The molecule has 3 aromatic rings. The van der Waals surface area contributed by atoms with Gasteiger partial charge in [0.15, 0.2) is 5.16 Å². The summed E-state index contributed by atoms with van der Waals surface area (Å²) in [5, 5.41) is 10.4. The first-order chi connectivity index (χ1) is 12.9. The predicted molar refractivity (Wildman–Crippen MR) is 108 cm³/mol. The van der Waals surface area contributed by atoms with E-state index < -0.39 is 0 Å². The van der Waals surface area contributed by atoms with Crippen LogP contribution in [0.15, 0.2) is 59.9 Å². The Labute approximate surface area is 164 Å². The normalized spacial score (nSPS) is 11.7. The summed E-state index contributed by atoms with van der Waals surface area (Å²) >= 11 is 1.62. The van der Waals surface area contributed by atoms with Crippen molar-refractivity contribution < 1.29 is 9.50 Å². The maximum Gasteiger partial charge on any atom is 0.168 e. The molecule has 27 heavy (non-hydrogen) atoms. The number of imidazole rings is 1. The van der Waals surface area contributed by atoms with Crippen molar-refractivity contribution in [2.75, 3.05) is 0 Å². The summed E-state index contributed by atoms with van der Waals surface area (Å²) in [6.45, 7) is 7.01. The highest BCUT2D eigenvalue weighted by atomic mass is 32.2. The molecule has 3 nitrogen and oxygen atoms in total. The molecule has 1 heterocycles. The first-order valence-corrected chi connectivity index (χ1v) is 9.97. The number of halogens is 1. The SMILES string of the molecule is CC(C)(C)c1ccc(CSc2ncc(CO)n2Cc2cccc(F)c2)cc1. The highest BCUT2D eigenvalue weighted by Crippen LogP contribution is 2.27. The zero-order valence-corrected chi connectivity index (χ0v) is 16.8. The van der Waals surface area contributed by atoms with Crippen LogP contribution in [-0.2, 0) is 24.3 Å². The molecule has 1 N–H and O–H groups in total. The number of aliphatic hydroxyl groups excluding tert-OH is 1. The molecule has 5 heteroatoms. The van der Waals surface area contributed by atoms with Crippen LogP contribution in [0, 0.1) is 5.82 Å². The van der Waals surface area contributed by atoms with E-state index in [1.165, 1.54) is 23.3 Å². The lowest BCUT2D eigenvalue weighted by Gasteiger charge is -2.19. The Balaban J connectivity index is 1.74. The molecule has 0 saturated heterocycles. The Bertz CT molecular complexity index is 897. The third-order valence-corrected chi connectivity index (χ3v) is 5.54. The lowest BCUT2D eigenvalue weighted by atomic mass is 9.87. The van der Waals surface area contributed by atoms with Crippen molar-refractivity contribution in [3.63, 3.8) is 0 Å². The number of benzene rings is 2. The maximum absolute atomic E-state index is 13.5. The van der Waals surface area contributed by atoms with Gasteiger partial charge in [0.2, 0.25) is 0 Å². The second-order valence-corrected chi connectivity index (χ2v) is 8.58. The topological polar surface area (TPSA) is 38.1 Å². The Hall–Kier alpha value is -2.11. The van der Waals surface area contributed by atoms with Crippen molar-refractivity contribution >= 4 is 11.8 Å². The summed E-state index contributed by atoms with van der Waals surface area (Å²) in [5.41, 5.74) is 4.25. The quantitative estimate of drug-likeness (QED) is 0.597. The molecular formula is C22H25FN2OS. The van der Waals surface area contributed by atoms with Gasteiger partial charge >= 0.3 is 0 Å². The van der Waals surface area contributed by atoms with Crippen molar-refractivity contribution in [3.05, 3.63) is 82.9 Å². The summed E-state index contributed by atoms with van der Waals surface area (Å²) in [7, 11) is 0. The van der Waals surface area contributed by atoms with Crippen molar-refractivity contribution in [3.8, 4) is 0 Å². The summed E-state index contributed by atoms with van der Waals surface area (Å²) in [6, 6.07) is 15.2. The molecule has 0 atom stereocenters. The van der Waals surface area contributed by atoms with E-state index in [-0.39, 0.29) is 17.8 Å². The van der Waals surface area contributed by atoms with Gasteiger partial charge in [-0.3, -0.25) is 0 Å². The molecule has 0 radical (unpaired) electrons. The molecule has 1 aromatic heterocycles. The summed E-state index contributed by atoms with van der Waals surface area (Å²) < 4.78 is 15.4. The fourth-order valence-electron chi connectivity index (χ4n) is 2.87. The molecule has 0 bridgehead atoms. The van der Waals surface area contributed by atoms with Gasteiger partial charge in [0.1, 0.15) is 5.82 Å². The van der Waals surface area contributed by atoms with E-state index in [1.807, 2.05) is 10.6 Å². The highest BCUT2D eigenvalue weighted by Gasteiger charge is 2.14. The molecule has 0 spiro atoms. The van der Waals surface area contributed by atoms with Crippen LogP contribution >= 0.6 is 11.8 Å². The van der Waals surface area contributed by atoms with Gasteiger partial charge in [-0.2, -0.15) is 0 Å². The lowest BCUT2D eigenvalue weighted by Crippen LogP contribution is -2.10. The largest absolute Gasteiger partial charge is 0.390 e. The van der Waals surface area contributed by atoms with Gasteiger partial charge < -0.3 is 9.67 Å². The van der Waals surface area contributed by atoms with E-state index in [1.54, 1.807) is 24.0 Å². The Kier molecular flexibility index (Phi) is 6.02.